The number of carbonyl (C=O) groups excluding carboxylic acids is 1. The highest BCUT2D eigenvalue weighted by Gasteiger charge is 2.22. The highest BCUT2D eigenvalue weighted by atomic mass is 16.6. The number of rotatable bonds is 9. The number of nitrogens with zero attached hydrogens (tertiary/aromatic N) is 2. The van der Waals surface area contributed by atoms with Gasteiger partial charge in [-0.25, -0.2) is 4.98 Å². The number of para-hydroxylation sites is 1. The third kappa shape index (κ3) is 4.37. The number of aromatic nitrogens is 1. The van der Waals surface area contributed by atoms with E-state index in [0.29, 0.717) is 41.2 Å². The molecule has 1 fully saturated rings. The van der Waals surface area contributed by atoms with Gasteiger partial charge in [0.1, 0.15) is 0 Å². The Bertz CT molecular complexity index is 1060. The van der Waals surface area contributed by atoms with Crippen molar-refractivity contribution in [2.75, 3.05) is 45.7 Å². The molecule has 1 N–H and O–H groups in total. The molecule has 164 valence electrons. The second kappa shape index (κ2) is 9.83. The lowest BCUT2D eigenvalue weighted by Crippen LogP contribution is -2.31. The van der Waals surface area contributed by atoms with E-state index in [9.17, 15) is 4.79 Å². The SMILES string of the molecule is CNc1c2ccccc2nc2cc(OCCCN3CCCCC3)c(OC)c(OC=O)c12. The summed E-state index contributed by atoms with van der Waals surface area (Å²) in [5.74, 6) is 1.23. The van der Waals surface area contributed by atoms with Crippen LogP contribution in [0, 0.1) is 0 Å². The first-order valence-electron chi connectivity index (χ1n) is 10.8. The number of carbonyl (C=O) groups is 1. The topological polar surface area (TPSA) is 72.9 Å². The Hall–Kier alpha value is -3.06. The Morgan fingerprint density at radius 1 is 1.13 bits per heavy atom. The first-order valence-corrected chi connectivity index (χ1v) is 10.8. The zero-order valence-electron chi connectivity index (χ0n) is 18.1. The van der Waals surface area contributed by atoms with Crippen LogP contribution >= 0.6 is 0 Å². The van der Waals surface area contributed by atoms with E-state index in [-0.39, 0.29) is 0 Å². The number of fused-ring (bicyclic) bond motifs is 2. The highest BCUT2D eigenvalue weighted by Crippen LogP contribution is 2.47. The molecule has 0 spiro atoms. The average molecular weight is 424 g/mol. The van der Waals surface area contributed by atoms with E-state index in [1.54, 1.807) is 7.11 Å². The number of nitrogens with one attached hydrogen (secondary N) is 1. The second-order valence-electron chi connectivity index (χ2n) is 7.70. The van der Waals surface area contributed by atoms with Gasteiger partial charge in [-0.3, -0.25) is 4.79 Å². The minimum absolute atomic E-state index is 0.309. The summed E-state index contributed by atoms with van der Waals surface area (Å²) in [6.45, 7) is 4.30. The minimum atomic E-state index is 0.309. The molecule has 0 amide bonds. The number of hydrogen-bond donors (Lipinski definition) is 1. The van der Waals surface area contributed by atoms with Gasteiger partial charge in [-0.15, -0.1) is 0 Å². The smallest absolute Gasteiger partial charge is 0.298 e. The van der Waals surface area contributed by atoms with Crippen molar-refractivity contribution in [1.29, 1.82) is 0 Å². The lowest BCUT2D eigenvalue weighted by molar-refractivity contribution is -0.120. The molecule has 7 heteroatoms. The molecule has 0 radical (unpaired) electrons. The van der Waals surface area contributed by atoms with Gasteiger partial charge < -0.3 is 24.4 Å². The molecule has 1 aromatic heterocycles. The van der Waals surface area contributed by atoms with Gasteiger partial charge in [-0.2, -0.15) is 0 Å². The number of anilines is 1. The van der Waals surface area contributed by atoms with Gasteiger partial charge >= 0.3 is 0 Å². The lowest BCUT2D eigenvalue weighted by atomic mass is 10.1. The molecule has 2 heterocycles. The van der Waals surface area contributed by atoms with Crippen molar-refractivity contribution in [1.82, 2.24) is 9.88 Å². The molecule has 2 aromatic carbocycles. The number of ether oxygens (including phenoxy) is 3. The molecule has 4 rings (SSSR count). The fourth-order valence-corrected chi connectivity index (χ4v) is 4.35. The van der Waals surface area contributed by atoms with Crippen LogP contribution in [0.25, 0.3) is 21.8 Å². The third-order valence-corrected chi connectivity index (χ3v) is 5.79. The van der Waals surface area contributed by atoms with Crippen molar-refractivity contribution in [3.05, 3.63) is 30.3 Å². The number of piperidine rings is 1. The van der Waals surface area contributed by atoms with Crippen LogP contribution in [-0.4, -0.2) is 56.8 Å². The van der Waals surface area contributed by atoms with Gasteiger partial charge in [0, 0.05) is 25.0 Å². The van der Waals surface area contributed by atoms with E-state index in [1.807, 2.05) is 37.4 Å². The Kier molecular flexibility index (Phi) is 6.72. The zero-order valence-corrected chi connectivity index (χ0v) is 18.1. The maximum Gasteiger partial charge on any atom is 0.298 e. The molecule has 1 saturated heterocycles. The standard InChI is InChI=1S/C24H29N3O4/c1-25-22-17-9-4-5-10-18(17)26-19-15-20(23(29-2)24(21(19)22)31-16-28)30-14-8-13-27-11-6-3-7-12-27/h4-5,9-10,15-16H,3,6-8,11-14H2,1-2H3,(H,25,26). The van der Waals surface area contributed by atoms with Crippen molar-refractivity contribution in [2.45, 2.75) is 25.7 Å². The first kappa shape index (κ1) is 21.2. The average Bonchev–Trinajstić information content (AvgIpc) is 2.81. The number of benzene rings is 2. The van der Waals surface area contributed by atoms with Crippen molar-refractivity contribution in [3.8, 4) is 17.2 Å². The maximum absolute atomic E-state index is 11.3. The van der Waals surface area contributed by atoms with Gasteiger partial charge in [-0.05, 0) is 38.4 Å². The summed E-state index contributed by atoms with van der Waals surface area (Å²) >= 11 is 0. The van der Waals surface area contributed by atoms with Crippen molar-refractivity contribution < 1.29 is 19.0 Å². The van der Waals surface area contributed by atoms with Gasteiger partial charge in [0.25, 0.3) is 6.47 Å². The quantitative estimate of drug-likeness (QED) is 0.314. The summed E-state index contributed by atoms with van der Waals surface area (Å²) in [6, 6.07) is 9.70. The van der Waals surface area contributed by atoms with Gasteiger partial charge in [0.15, 0.2) is 11.5 Å². The molecule has 0 bridgehead atoms. The van der Waals surface area contributed by atoms with E-state index in [2.05, 4.69) is 10.2 Å². The summed E-state index contributed by atoms with van der Waals surface area (Å²) in [5.41, 5.74) is 2.34. The fraction of sp³-hybridized carbons (Fsp3) is 0.417. The van der Waals surface area contributed by atoms with Crippen molar-refractivity contribution in [3.63, 3.8) is 0 Å². The van der Waals surface area contributed by atoms with E-state index in [1.165, 1.54) is 32.4 Å². The van der Waals surface area contributed by atoms with Crippen LogP contribution in [0.4, 0.5) is 5.69 Å². The van der Waals surface area contributed by atoms with Crippen molar-refractivity contribution >= 4 is 34.0 Å². The van der Waals surface area contributed by atoms with Crippen LogP contribution in [0.15, 0.2) is 30.3 Å². The molecule has 31 heavy (non-hydrogen) atoms. The number of pyridine rings is 1. The van der Waals surface area contributed by atoms with Crippen LogP contribution in [0.5, 0.6) is 17.2 Å². The van der Waals surface area contributed by atoms with E-state index in [4.69, 9.17) is 19.2 Å². The third-order valence-electron chi connectivity index (χ3n) is 5.79. The summed E-state index contributed by atoms with van der Waals surface area (Å²) < 4.78 is 17.1. The number of methoxy groups -OCH3 is 1. The molecule has 1 aliphatic rings. The number of likely N-dealkylation sites (tertiary alicyclic amines) is 1. The summed E-state index contributed by atoms with van der Waals surface area (Å²) in [5, 5.41) is 4.85. The van der Waals surface area contributed by atoms with Crippen LogP contribution in [0.2, 0.25) is 0 Å². The van der Waals surface area contributed by atoms with E-state index < -0.39 is 0 Å². The molecule has 0 saturated carbocycles. The monoisotopic (exact) mass is 423 g/mol. The Balaban J connectivity index is 1.69. The largest absolute Gasteiger partial charge is 0.490 e. The van der Waals surface area contributed by atoms with Crippen LogP contribution < -0.4 is 19.5 Å². The van der Waals surface area contributed by atoms with E-state index in [0.717, 1.165) is 29.6 Å². The number of hydrogen-bond acceptors (Lipinski definition) is 7. The first-order chi connectivity index (χ1) is 15.3. The van der Waals surface area contributed by atoms with Crippen LogP contribution in [0.3, 0.4) is 0 Å². The van der Waals surface area contributed by atoms with Gasteiger partial charge in [-0.1, -0.05) is 24.6 Å². The summed E-state index contributed by atoms with van der Waals surface area (Å²) in [6.07, 6.45) is 4.80. The summed E-state index contributed by atoms with van der Waals surface area (Å²) in [4.78, 5) is 18.6. The fourth-order valence-electron chi connectivity index (χ4n) is 4.35. The molecule has 0 aliphatic carbocycles. The zero-order chi connectivity index (χ0) is 21.6. The molecule has 3 aromatic rings. The minimum Gasteiger partial charge on any atom is -0.490 e. The van der Waals surface area contributed by atoms with Gasteiger partial charge in [0.05, 0.1) is 35.8 Å². The lowest BCUT2D eigenvalue weighted by Gasteiger charge is -2.26. The van der Waals surface area contributed by atoms with Crippen LogP contribution in [0.1, 0.15) is 25.7 Å². The predicted molar refractivity (Wildman–Crippen MR) is 122 cm³/mol. The van der Waals surface area contributed by atoms with Crippen molar-refractivity contribution in [2.24, 2.45) is 0 Å². The predicted octanol–water partition coefficient (Wildman–Crippen LogP) is 4.23. The second-order valence-corrected chi connectivity index (χ2v) is 7.70. The molecule has 0 unspecified atom stereocenters. The highest BCUT2D eigenvalue weighted by molar-refractivity contribution is 6.11. The molecular formula is C24H29N3O4. The Morgan fingerprint density at radius 3 is 2.68 bits per heavy atom. The molecular weight excluding hydrogens is 394 g/mol. The molecule has 7 nitrogen and oxygen atoms in total. The van der Waals surface area contributed by atoms with E-state index >= 15 is 0 Å². The van der Waals surface area contributed by atoms with Crippen LogP contribution in [-0.2, 0) is 4.79 Å². The Morgan fingerprint density at radius 2 is 1.94 bits per heavy atom. The maximum atomic E-state index is 11.3. The Labute approximate surface area is 182 Å². The summed E-state index contributed by atoms with van der Waals surface area (Å²) in [7, 11) is 3.39. The molecule has 0 atom stereocenters. The van der Waals surface area contributed by atoms with Gasteiger partial charge in [0.2, 0.25) is 5.75 Å². The molecule has 1 aliphatic heterocycles. The normalized spacial score (nSPS) is 14.5.